The molecule has 1 aromatic carbocycles. The Balaban J connectivity index is 2.02. The van der Waals surface area contributed by atoms with Gasteiger partial charge in [-0.3, -0.25) is 9.69 Å². The van der Waals surface area contributed by atoms with Crippen LogP contribution in [0.25, 0.3) is 0 Å². The maximum Gasteiger partial charge on any atom is 0.303 e. The minimum atomic E-state index is -0.754. The van der Waals surface area contributed by atoms with Gasteiger partial charge < -0.3 is 5.11 Å². The molecule has 110 valence electrons. The highest BCUT2D eigenvalue weighted by molar-refractivity contribution is 6.31. The molecular formula is C15H19ClFNO2. The Morgan fingerprint density at radius 2 is 2.25 bits per heavy atom. The van der Waals surface area contributed by atoms with Gasteiger partial charge in [-0.1, -0.05) is 24.1 Å². The van der Waals surface area contributed by atoms with E-state index in [0.717, 1.165) is 31.4 Å². The number of halogens is 2. The number of carboxylic acid groups (broad SMARTS) is 1. The second-order valence-corrected chi connectivity index (χ2v) is 5.70. The van der Waals surface area contributed by atoms with E-state index in [1.54, 1.807) is 6.07 Å². The normalized spacial score (nSPS) is 20.0. The number of rotatable bonds is 5. The smallest absolute Gasteiger partial charge is 0.303 e. The second kappa shape index (κ2) is 7.04. The average Bonchev–Trinajstić information content (AvgIpc) is 2.41. The summed E-state index contributed by atoms with van der Waals surface area (Å²) in [7, 11) is 0. The Bertz CT molecular complexity index is 481. The SMILES string of the molecule is O=C(O)CCC1CCCCN1Cc1ccc(F)cc1Cl. The lowest BCUT2D eigenvalue weighted by molar-refractivity contribution is -0.137. The van der Waals surface area contributed by atoms with Crippen molar-refractivity contribution in [2.45, 2.75) is 44.7 Å². The second-order valence-electron chi connectivity index (χ2n) is 5.29. The molecule has 0 amide bonds. The summed E-state index contributed by atoms with van der Waals surface area (Å²) in [4.78, 5) is 13.0. The Kier molecular flexibility index (Phi) is 5.38. The number of carboxylic acids is 1. The van der Waals surface area contributed by atoms with Crippen molar-refractivity contribution in [1.29, 1.82) is 0 Å². The van der Waals surface area contributed by atoms with Crippen LogP contribution in [0.15, 0.2) is 18.2 Å². The van der Waals surface area contributed by atoms with Crippen molar-refractivity contribution in [3.63, 3.8) is 0 Å². The third-order valence-corrected chi connectivity index (χ3v) is 4.18. The maximum atomic E-state index is 13.0. The molecule has 5 heteroatoms. The summed E-state index contributed by atoms with van der Waals surface area (Å²) in [6.45, 7) is 1.60. The monoisotopic (exact) mass is 299 g/mol. The van der Waals surface area contributed by atoms with E-state index in [4.69, 9.17) is 16.7 Å². The van der Waals surface area contributed by atoms with E-state index in [2.05, 4.69) is 4.90 Å². The molecule has 1 aliphatic rings. The highest BCUT2D eigenvalue weighted by Gasteiger charge is 2.23. The van der Waals surface area contributed by atoms with Crippen LogP contribution in [0.3, 0.4) is 0 Å². The molecule has 1 aromatic rings. The van der Waals surface area contributed by atoms with Gasteiger partial charge in [-0.25, -0.2) is 4.39 Å². The molecule has 0 aliphatic carbocycles. The van der Waals surface area contributed by atoms with Crippen molar-refractivity contribution >= 4 is 17.6 Å². The topological polar surface area (TPSA) is 40.5 Å². The van der Waals surface area contributed by atoms with Crippen LogP contribution < -0.4 is 0 Å². The zero-order valence-electron chi connectivity index (χ0n) is 11.3. The summed E-state index contributed by atoms with van der Waals surface area (Å²) >= 11 is 6.06. The first-order chi connectivity index (χ1) is 9.56. The van der Waals surface area contributed by atoms with E-state index in [0.29, 0.717) is 18.0 Å². The number of aliphatic carboxylic acids is 1. The molecule has 1 atom stereocenters. The fraction of sp³-hybridized carbons (Fsp3) is 0.533. The Morgan fingerprint density at radius 3 is 2.95 bits per heavy atom. The molecule has 0 radical (unpaired) electrons. The lowest BCUT2D eigenvalue weighted by Crippen LogP contribution is -2.39. The zero-order chi connectivity index (χ0) is 14.5. The molecule has 0 saturated carbocycles. The van der Waals surface area contributed by atoms with E-state index in [9.17, 15) is 9.18 Å². The van der Waals surface area contributed by atoms with Crippen LogP contribution in [0, 0.1) is 5.82 Å². The molecule has 1 aliphatic heterocycles. The number of hydrogen-bond donors (Lipinski definition) is 1. The van der Waals surface area contributed by atoms with Crippen LogP contribution >= 0.6 is 11.6 Å². The largest absolute Gasteiger partial charge is 0.481 e. The van der Waals surface area contributed by atoms with Crippen molar-refractivity contribution in [2.75, 3.05) is 6.54 Å². The number of hydrogen-bond acceptors (Lipinski definition) is 2. The summed E-state index contributed by atoms with van der Waals surface area (Å²) in [6.07, 6.45) is 4.12. The number of piperidine rings is 1. The van der Waals surface area contributed by atoms with Gasteiger partial charge in [0.1, 0.15) is 5.82 Å². The molecule has 1 saturated heterocycles. The third kappa shape index (κ3) is 4.18. The first kappa shape index (κ1) is 15.3. The van der Waals surface area contributed by atoms with Gasteiger partial charge in [0.05, 0.1) is 0 Å². The fourth-order valence-electron chi connectivity index (χ4n) is 2.75. The molecular weight excluding hydrogens is 281 g/mol. The molecule has 3 nitrogen and oxygen atoms in total. The van der Waals surface area contributed by atoms with Crippen LogP contribution in [-0.4, -0.2) is 28.6 Å². The molecule has 0 spiro atoms. The van der Waals surface area contributed by atoms with Gasteiger partial charge in [0, 0.05) is 24.0 Å². The molecule has 1 unspecified atom stereocenters. The van der Waals surface area contributed by atoms with Crippen molar-refractivity contribution in [3.8, 4) is 0 Å². The van der Waals surface area contributed by atoms with Crippen LogP contribution in [0.1, 0.15) is 37.7 Å². The maximum absolute atomic E-state index is 13.0. The quantitative estimate of drug-likeness (QED) is 0.901. The average molecular weight is 300 g/mol. The number of benzene rings is 1. The van der Waals surface area contributed by atoms with Crippen LogP contribution in [0.4, 0.5) is 4.39 Å². The number of likely N-dealkylation sites (tertiary alicyclic amines) is 1. The molecule has 20 heavy (non-hydrogen) atoms. The highest BCUT2D eigenvalue weighted by Crippen LogP contribution is 2.26. The predicted molar refractivity (Wildman–Crippen MR) is 76.3 cm³/mol. The minimum absolute atomic E-state index is 0.193. The predicted octanol–water partition coefficient (Wildman–Crippen LogP) is 3.70. The van der Waals surface area contributed by atoms with Crippen molar-refractivity contribution in [2.24, 2.45) is 0 Å². The Labute approximate surface area is 123 Å². The van der Waals surface area contributed by atoms with Gasteiger partial charge in [-0.2, -0.15) is 0 Å². The van der Waals surface area contributed by atoms with E-state index >= 15 is 0 Å². The summed E-state index contributed by atoms with van der Waals surface area (Å²) in [5.41, 5.74) is 0.898. The van der Waals surface area contributed by atoms with Crippen molar-refractivity contribution in [3.05, 3.63) is 34.6 Å². The third-order valence-electron chi connectivity index (χ3n) is 3.83. The summed E-state index contributed by atoms with van der Waals surface area (Å²) < 4.78 is 13.0. The van der Waals surface area contributed by atoms with Gasteiger partial charge in [0.25, 0.3) is 0 Å². The Morgan fingerprint density at radius 1 is 1.45 bits per heavy atom. The zero-order valence-corrected chi connectivity index (χ0v) is 12.1. The number of carbonyl (C=O) groups is 1. The number of nitrogens with zero attached hydrogens (tertiary/aromatic N) is 1. The molecule has 1 fully saturated rings. The van der Waals surface area contributed by atoms with Crippen molar-refractivity contribution in [1.82, 2.24) is 4.90 Å². The highest BCUT2D eigenvalue weighted by atomic mass is 35.5. The molecule has 1 N–H and O–H groups in total. The molecule has 0 aromatic heterocycles. The molecule has 1 heterocycles. The van der Waals surface area contributed by atoms with Gasteiger partial charge in [0.2, 0.25) is 0 Å². The van der Waals surface area contributed by atoms with E-state index in [1.165, 1.54) is 12.1 Å². The van der Waals surface area contributed by atoms with Crippen LogP contribution in [-0.2, 0) is 11.3 Å². The fourth-order valence-corrected chi connectivity index (χ4v) is 2.98. The van der Waals surface area contributed by atoms with Gasteiger partial charge >= 0.3 is 5.97 Å². The lowest BCUT2D eigenvalue weighted by atomic mass is 9.97. The Hall–Kier alpha value is -1.13. The minimum Gasteiger partial charge on any atom is -0.481 e. The standard InChI is InChI=1S/C15H19ClFNO2/c16-14-9-12(17)5-4-11(14)10-18-8-2-1-3-13(18)6-7-15(19)20/h4-5,9,13H,1-3,6-8,10H2,(H,19,20). The van der Waals surface area contributed by atoms with E-state index in [1.807, 2.05) is 0 Å². The first-order valence-electron chi connectivity index (χ1n) is 6.96. The van der Waals surface area contributed by atoms with Gasteiger partial charge in [-0.15, -0.1) is 0 Å². The van der Waals surface area contributed by atoms with Crippen LogP contribution in [0.2, 0.25) is 5.02 Å². The van der Waals surface area contributed by atoms with E-state index < -0.39 is 5.97 Å². The van der Waals surface area contributed by atoms with Gasteiger partial charge in [-0.05, 0) is 43.5 Å². The van der Waals surface area contributed by atoms with E-state index in [-0.39, 0.29) is 18.3 Å². The summed E-state index contributed by atoms with van der Waals surface area (Å²) in [5.74, 6) is -1.09. The summed E-state index contributed by atoms with van der Waals surface area (Å²) in [5, 5.41) is 9.25. The summed E-state index contributed by atoms with van der Waals surface area (Å²) in [6, 6.07) is 4.73. The first-order valence-corrected chi connectivity index (χ1v) is 7.34. The van der Waals surface area contributed by atoms with Crippen LogP contribution in [0.5, 0.6) is 0 Å². The van der Waals surface area contributed by atoms with Crippen molar-refractivity contribution < 1.29 is 14.3 Å². The lowest BCUT2D eigenvalue weighted by Gasteiger charge is -2.35. The van der Waals surface area contributed by atoms with Gasteiger partial charge in [0.15, 0.2) is 0 Å². The molecule has 0 bridgehead atoms. The molecule has 2 rings (SSSR count).